The van der Waals surface area contributed by atoms with Crippen LogP contribution in [0, 0.1) is 11.3 Å². The molecule has 0 aliphatic heterocycles. The lowest BCUT2D eigenvalue weighted by Gasteiger charge is -2.09. The first-order chi connectivity index (χ1) is 6.81. The maximum Gasteiger partial charge on any atom is 0.133 e. The molecular weight excluding hydrogens is 174 g/mol. The van der Waals surface area contributed by atoms with Gasteiger partial charge in [-0.1, -0.05) is 18.2 Å². The number of hydrogen-bond acceptors (Lipinski definition) is 2. The van der Waals surface area contributed by atoms with Crippen molar-refractivity contribution >= 4 is 5.78 Å². The standard InChI is InChI=1S/C12H11NO/c13-8-10-3-1-2-4-12(10)9-5-6-11(14)7-9/h1-4,9H,5-7H2/t9-/m0/s1. The van der Waals surface area contributed by atoms with Crippen LogP contribution >= 0.6 is 0 Å². The fourth-order valence-electron chi connectivity index (χ4n) is 2.03. The van der Waals surface area contributed by atoms with E-state index < -0.39 is 0 Å². The van der Waals surface area contributed by atoms with Crippen molar-refractivity contribution in [3.63, 3.8) is 0 Å². The molecule has 0 bridgehead atoms. The second kappa shape index (κ2) is 3.63. The van der Waals surface area contributed by atoms with E-state index in [-0.39, 0.29) is 5.92 Å². The predicted octanol–water partition coefficient (Wildman–Crippen LogP) is 2.39. The molecule has 2 heteroatoms. The molecule has 1 atom stereocenters. The van der Waals surface area contributed by atoms with Crippen molar-refractivity contribution < 1.29 is 4.79 Å². The molecule has 1 saturated carbocycles. The van der Waals surface area contributed by atoms with Crippen LogP contribution in [0.5, 0.6) is 0 Å². The van der Waals surface area contributed by atoms with E-state index in [1.54, 1.807) is 0 Å². The van der Waals surface area contributed by atoms with Gasteiger partial charge in [0, 0.05) is 12.8 Å². The van der Waals surface area contributed by atoms with Crippen LogP contribution in [0.15, 0.2) is 24.3 Å². The Hall–Kier alpha value is -1.62. The molecule has 0 unspecified atom stereocenters. The van der Waals surface area contributed by atoms with Crippen LogP contribution in [-0.4, -0.2) is 5.78 Å². The molecule has 1 aliphatic rings. The number of Topliss-reactive ketones (excluding diaryl/α,β-unsaturated/α-hetero) is 1. The Bertz CT molecular complexity index is 403. The SMILES string of the molecule is N#Cc1ccccc1[C@H]1CCC(=O)C1. The van der Waals surface area contributed by atoms with E-state index in [1.165, 1.54) is 0 Å². The monoisotopic (exact) mass is 185 g/mol. The molecule has 1 aromatic carbocycles. The summed E-state index contributed by atoms with van der Waals surface area (Å²) in [4.78, 5) is 11.1. The van der Waals surface area contributed by atoms with E-state index in [2.05, 4.69) is 6.07 Å². The van der Waals surface area contributed by atoms with E-state index in [0.717, 1.165) is 12.0 Å². The van der Waals surface area contributed by atoms with Crippen molar-refractivity contribution in [2.24, 2.45) is 0 Å². The van der Waals surface area contributed by atoms with Gasteiger partial charge in [0.1, 0.15) is 5.78 Å². The third-order valence-electron chi connectivity index (χ3n) is 2.77. The fourth-order valence-corrected chi connectivity index (χ4v) is 2.03. The van der Waals surface area contributed by atoms with Crippen molar-refractivity contribution in [2.75, 3.05) is 0 Å². The van der Waals surface area contributed by atoms with Gasteiger partial charge < -0.3 is 0 Å². The zero-order valence-electron chi connectivity index (χ0n) is 7.86. The number of nitrogens with zero attached hydrogens (tertiary/aromatic N) is 1. The van der Waals surface area contributed by atoms with Gasteiger partial charge >= 0.3 is 0 Å². The summed E-state index contributed by atoms with van der Waals surface area (Å²) in [5.41, 5.74) is 1.76. The number of carbonyl (C=O) groups excluding carboxylic acids is 1. The van der Waals surface area contributed by atoms with Gasteiger partial charge in [0.2, 0.25) is 0 Å². The third-order valence-corrected chi connectivity index (χ3v) is 2.77. The van der Waals surface area contributed by atoms with Gasteiger partial charge in [-0.25, -0.2) is 0 Å². The van der Waals surface area contributed by atoms with Crippen LogP contribution in [0.4, 0.5) is 0 Å². The minimum absolute atomic E-state index is 0.276. The summed E-state index contributed by atoms with van der Waals surface area (Å²) in [6.07, 6.45) is 2.18. The Morgan fingerprint density at radius 2 is 2.14 bits per heavy atom. The molecule has 70 valence electrons. The van der Waals surface area contributed by atoms with Gasteiger partial charge in [-0.15, -0.1) is 0 Å². The molecule has 2 rings (SSSR count). The Morgan fingerprint density at radius 3 is 2.79 bits per heavy atom. The molecule has 0 N–H and O–H groups in total. The molecule has 14 heavy (non-hydrogen) atoms. The quantitative estimate of drug-likeness (QED) is 0.674. The van der Waals surface area contributed by atoms with Crippen LogP contribution in [0.1, 0.15) is 36.3 Å². The number of rotatable bonds is 1. The molecule has 0 radical (unpaired) electrons. The predicted molar refractivity (Wildman–Crippen MR) is 52.8 cm³/mol. The second-order valence-electron chi connectivity index (χ2n) is 3.68. The van der Waals surface area contributed by atoms with E-state index in [4.69, 9.17) is 5.26 Å². The number of nitriles is 1. The summed E-state index contributed by atoms with van der Waals surface area (Å²) in [7, 11) is 0. The summed E-state index contributed by atoms with van der Waals surface area (Å²) >= 11 is 0. The second-order valence-corrected chi connectivity index (χ2v) is 3.68. The maximum atomic E-state index is 11.1. The Balaban J connectivity index is 2.33. The first-order valence-electron chi connectivity index (χ1n) is 4.82. The zero-order chi connectivity index (χ0) is 9.97. The van der Waals surface area contributed by atoms with Gasteiger partial charge in [0.05, 0.1) is 11.6 Å². The van der Waals surface area contributed by atoms with Crippen molar-refractivity contribution in [2.45, 2.75) is 25.2 Å². The third kappa shape index (κ3) is 1.54. The lowest BCUT2D eigenvalue weighted by Crippen LogP contribution is -1.97. The molecule has 0 spiro atoms. The fraction of sp³-hybridized carbons (Fsp3) is 0.333. The highest BCUT2D eigenvalue weighted by atomic mass is 16.1. The minimum atomic E-state index is 0.276. The number of ketones is 1. The molecule has 0 amide bonds. The van der Waals surface area contributed by atoms with Crippen LogP contribution in [0.3, 0.4) is 0 Å². The van der Waals surface area contributed by atoms with Gasteiger partial charge in [-0.3, -0.25) is 4.79 Å². The van der Waals surface area contributed by atoms with Crippen LogP contribution in [0.2, 0.25) is 0 Å². The highest BCUT2D eigenvalue weighted by molar-refractivity contribution is 5.81. The van der Waals surface area contributed by atoms with E-state index >= 15 is 0 Å². The summed E-state index contributed by atoms with van der Waals surface area (Å²) in [5, 5.41) is 8.91. The summed E-state index contributed by atoms with van der Waals surface area (Å²) in [6.45, 7) is 0. The molecule has 1 aromatic rings. The zero-order valence-corrected chi connectivity index (χ0v) is 7.86. The number of carbonyl (C=O) groups is 1. The first kappa shape index (κ1) is 8.96. The number of hydrogen-bond donors (Lipinski definition) is 0. The van der Waals surface area contributed by atoms with Crippen molar-refractivity contribution in [3.05, 3.63) is 35.4 Å². The Kier molecular flexibility index (Phi) is 2.32. The smallest absolute Gasteiger partial charge is 0.133 e. The van der Waals surface area contributed by atoms with Crippen LogP contribution in [0.25, 0.3) is 0 Å². The van der Waals surface area contributed by atoms with Crippen molar-refractivity contribution in [1.82, 2.24) is 0 Å². The minimum Gasteiger partial charge on any atom is -0.300 e. The topological polar surface area (TPSA) is 40.9 Å². The van der Waals surface area contributed by atoms with Crippen LogP contribution < -0.4 is 0 Å². The normalized spacial score (nSPS) is 20.8. The maximum absolute atomic E-state index is 11.1. The number of benzene rings is 1. The van der Waals surface area contributed by atoms with Gasteiger partial charge in [-0.2, -0.15) is 5.26 Å². The van der Waals surface area contributed by atoms with Crippen LogP contribution in [-0.2, 0) is 4.79 Å². The molecule has 0 heterocycles. The Labute approximate surface area is 83.2 Å². The molecule has 1 aliphatic carbocycles. The molecule has 2 nitrogen and oxygen atoms in total. The molecule has 0 saturated heterocycles. The Morgan fingerprint density at radius 1 is 1.36 bits per heavy atom. The van der Waals surface area contributed by atoms with Gasteiger partial charge in [-0.05, 0) is 24.0 Å². The molecule has 0 aromatic heterocycles. The lowest BCUT2D eigenvalue weighted by atomic mass is 9.93. The summed E-state index contributed by atoms with van der Waals surface area (Å²) in [6, 6.07) is 9.74. The highest BCUT2D eigenvalue weighted by Gasteiger charge is 2.24. The van der Waals surface area contributed by atoms with E-state index in [9.17, 15) is 4.79 Å². The van der Waals surface area contributed by atoms with Gasteiger partial charge in [0.15, 0.2) is 0 Å². The van der Waals surface area contributed by atoms with E-state index in [0.29, 0.717) is 24.2 Å². The first-order valence-corrected chi connectivity index (χ1v) is 4.82. The van der Waals surface area contributed by atoms with Crippen molar-refractivity contribution in [1.29, 1.82) is 5.26 Å². The van der Waals surface area contributed by atoms with Gasteiger partial charge in [0.25, 0.3) is 0 Å². The summed E-state index contributed by atoms with van der Waals surface area (Å²) < 4.78 is 0. The molecule has 1 fully saturated rings. The largest absolute Gasteiger partial charge is 0.300 e. The summed E-state index contributed by atoms with van der Waals surface area (Å²) in [5.74, 6) is 0.598. The lowest BCUT2D eigenvalue weighted by molar-refractivity contribution is -0.117. The van der Waals surface area contributed by atoms with E-state index in [1.807, 2.05) is 24.3 Å². The highest BCUT2D eigenvalue weighted by Crippen LogP contribution is 2.33. The average molecular weight is 185 g/mol. The average Bonchev–Trinajstić information content (AvgIpc) is 2.65. The molecular formula is C12H11NO. The van der Waals surface area contributed by atoms with Crippen molar-refractivity contribution in [3.8, 4) is 6.07 Å².